The molecule has 3 N–H and O–H groups in total. The molecule has 2 rings (SSSR count). The highest BCUT2D eigenvalue weighted by Crippen LogP contribution is 2.21. The third-order valence-corrected chi connectivity index (χ3v) is 8.52. The van der Waals surface area contributed by atoms with Gasteiger partial charge in [-0.1, -0.05) is 78.9 Å². The van der Waals surface area contributed by atoms with E-state index < -0.39 is 20.2 Å². The molecule has 0 radical (unpaired) electrons. The molecule has 0 fully saturated rings. The molecule has 5 heteroatoms. The highest BCUT2D eigenvalue weighted by atomic mass is 28.3. The fraction of sp³-hybridized carbons (Fsp3) is 0.381. The SMILES string of the molecule is C[C@@H]([C@@H](O)c1ccccc1)N(C)C(=O)[C@@H](N)C[Si](C)(C)c1ccccc1. The van der Waals surface area contributed by atoms with Gasteiger partial charge in [-0.2, -0.15) is 0 Å². The number of rotatable bonds is 7. The Balaban J connectivity index is 2.05. The highest BCUT2D eigenvalue weighted by molar-refractivity contribution is 6.90. The number of carbonyl (C=O) groups is 1. The summed E-state index contributed by atoms with van der Waals surface area (Å²) in [6.45, 7) is 6.32. The molecule has 26 heavy (non-hydrogen) atoms. The first-order valence-corrected chi connectivity index (χ1v) is 12.3. The number of aliphatic hydroxyl groups excluding tert-OH is 1. The van der Waals surface area contributed by atoms with Crippen LogP contribution in [0.5, 0.6) is 0 Å². The highest BCUT2D eigenvalue weighted by Gasteiger charge is 2.32. The molecular formula is C21H30N2O2Si. The van der Waals surface area contributed by atoms with E-state index >= 15 is 0 Å². The monoisotopic (exact) mass is 370 g/mol. The van der Waals surface area contributed by atoms with Crippen LogP contribution in [0.3, 0.4) is 0 Å². The van der Waals surface area contributed by atoms with Crippen LogP contribution in [-0.2, 0) is 4.79 Å². The Morgan fingerprint density at radius 3 is 2.12 bits per heavy atom. The zero-order valence-electron chi connectivity index (χ0n) is 16.1. The number of hydrogen-bond donors (Lipinski definition) is 2. The lowest BCUT2D eigenvalue weighted by Crippen LogP contribution is -2.53. The van der Waals surface area contributed by atoms with Gasteiger partial charge in [-0.3, -0.25) is 4.79 Å². The molecule has 2 aromatic carbocycles. The third kappa shape index (κ3) is 4.81. The molecule has 4 nitrogen and oxygen atoms in total. The molecule has 0 bridgehead atoms. The van der Waals surface area contributed by atoms with Crippen molar-refractivity contribution in [2.24, 2.45) is 5.73 Å². The maximum Gasteiger partial charge on any atom is 0.239 e. The predicted molar refractivity (Wildman–Crippen MR) is 110 cm³/mol. The van der Waals surface area contributed by atoms with Gasteiger partial charge < -0.3 is 15.7 Å². The Hall–Kier alpha value is -1.95. The van der Waals surface area contributed by atoms with Crippen LogP contribution in [0.25, 0.3) is 0 Å². The Morgan fingerprint density at radius 2 is 1.58 bits per heavy atom. The molecule has 0 unspecified atom stereocenters. The third-order valence-electron chi connectivity index (χ3n) is 5.16. The summed E-state index contributed by atoms with van der Waals surface area (Å²) in [7, 11) is -0.0937. The zero-order valence-corrected chi connectivity index (χ0v) is 17.1. The summed E-state index contributed by atoms with van der Waals surface area (Å²) in [5, 5.41) is 11.9. The van der Waals surface area contributed by atoms with E-state index in [2.05, 4.69) is 25.2 Å². The van der Waals surface area contributed by atoms with Crippen molar-refractivity contribution in [1.29, 1.82) is 0 Å². The fourth-order valence-electron chi connectivity index (χ4n) is 3.25. The molecule has 1 amide bonds. The molecule has 0 heterocycles. The fourth-order valence-corrected chi connectivity index (χ4v) is 5.85. The summed E-state index contributed by atoms with van der Waals surface area (Å²) in [5.41, 5.74) is 7.08. The average molecular weight is 371 g/mol. The minimum Gasteiger partial charge on any atom is -0.386 e. The van der Waals surface area contributed by atoms with Gasteiger partial charge in [0.2, 0.25) is 5.91 Å². The summed E-state index contributed by atoms with van der Waals surface area (Å²) >= 11 is 0. The van der Waals surface area contributed by atoms with Crippen molar-refractivity contribution in [1.82, 2.24) is 4.90 Å². The molecule has 0 saturated heterocycles. The smallest absolute Gasteiger partial charge is 0.239 e. The summed E-state index contributed by atoms with van der Waals surface area (Å²) in [5.74, 6) is -0.121. The van der Waals surface area contributed by atoms with Crippen molar-refractivity contribution in [2.75, 3.05) is 7.05 Å². The molecule has 0 saturated carbocycles. The van der Waals surface area contributed by atoms with Crippen molar-refractivity contribution in [3.63, 3.8) is 0 Å². The molecule has 3 atom stereocenters. The second kappa shape index (κ2) is 8.62. The van der Waals surface area contributed by atoms with E-state index in [4.69, 9.17) is 5.73 Å². The molecular weight excluding hydrogens is 340 g/mol. The van der Waals surface area contributed by atoms with Gasteiger partial charge in [-0.05, 0) is 18.5 Å². The number of hydrogen-bond acceptors (Lipinski definition) is 3. The van der Waals surface area contributed by atoms with E-state index in [9.17, 15) is 9.90 Å². The van der Waals surface area contributed by atoms with Gasteiger partial charge in [0.25, 0.3) is 0 Å². The number of nitrogens with two attached hydrogens (primary N) is 1. The molecule has 0 aromatic heterocycles. The topological polar surface area (TPSA) is 66.6 Å². The Labute approximate surface area is 157 Å². The number of carbonyl (C=O) groups excluding carboxylic acids is 1. The quantitative estimate of drug-likeness (QED) is 0.736. The van der Waals surface area contributed by atoms with Gasteiger partial charge in [0.05, 0.1) is 26.3 Å². The van der Waals surface area contributed by atoms with Crippen molar-refractivity contribution < 1.29 is 9.90 Å². The largest absolute Gasteiger partial charge is 0.386 e. The Morgan fingerprint density at radius 1 is 1.08 bits per heavy atom. The van der Waals surface area contributed by atoms with Gasteiger partial charge in [0.1, 0.15) is 0 Å². The first-order chi connectivity index (χ1) is 12.2. The van der Waals surface area contributed by atoms with E-state index in [1.165, 1.54) is 5.19 Å². The predicted octanol–water partition coefficient (Wildman–Crippen LogP) is 2.51. The van der Waals surface area contributed by atoms with E-state index in [1.54, 1.807) is 11.9 Å². The first-order valence-electron chi connectivity index (χ1n) is 9.05. The van der Waals surface area contributed by atoms with Gasteiger partial charge in [0, 0.05) is 7.05 Å². The molecule has 2 aromatic rings. The van der Waals surface area contributed by atoms with Gasteiger partial charge >= 0.3 is 0 Å². The second-order valence-electron chi connectivity index (χ2n) is 7.61. The van der Waals surface area contributed by atoms with Gasteiger partial charge in [0.15, 0.2) is 0 Å². The lowest BCUT2D eigenvalue weighted by Gasteiger charge is -2.33. The van der Waals surface area contributed by atoms with Crippen LogP contribution in [-0.4, -0.2) is 43.1 Å². The van der Waals surface area contributed by atoms with Crippen LogP contribution in [0.2, 0.25) is 19.1 Å². The maximum atomic E-state index is 12.8. The minimum absolute atomic E-state index is 0.121. The number of amides is 1. The Bertz CT molecular complexity index is 706. The van der Waals surface area contributed by atoms with E-state index in [0.29, 0.717) is 6.04 Å². The average Bonchev–Trinajstić information content (AvgIpc) is 2.66. The Kier molecular flexibility index (Phi) is 6.75. The van der Waals surface area contributed by atoms with Crippen LogP contribution in [0, 0.1) is 0 Å². The standard InChI is InChI=1S/C21H30N2O2Si/c1-16(20(24)17-11-7-5-8-12-17)23(2)21(25)19(22)15-26(3,4)18-13-9-6-10-14-18/h5-14,16,19-20,24H,15,22H2,1-4H3/t16-,19-,20+/m0/s1. The molecule has 0 spiro atoms. The lowest BCUT2D eigenvalue weighted by atomic mass is 10.0. The van der Waals surface area contributed by atoms with Crippen molar-refractivity contribution in [3.05, 3.63) is 66.2 Å². The number of nitrogens with zero attached hydrogens (tertiary/aromatic N) is 1. The number of likely N-dealkylation sites (N-methyl/N-ethyl adjacent to an activating group) is 1. The van der Waals surface area contributed by atoms with E-state index in [-0.39, 0.29) is 11.9 Å². The zero-order chi connectivity index (χ0) is 19.3. The number of aliphatic hydroxyl groups is 1. The van der Waals surface area contributed by atoms with Crippen LogP contribution in [0.4, 0.5) is 0 Å². The van der Waals surface area contributed by atoms with Crippen molar-refractivity contribution in [2.45, 2.75) is 44.2 Å². The van der Waals surface area contributed by atoms with Crippen molar-refractivity contribution >= 4 is 19.2 Å². The van der Waals surface area contributed by atoms with Gasteiger partial charge in [-0.15, -0.1) is 0 Å². The van der Waals surface area contributed by atoms with Crippen LogP contribution in [0.15, 0.2) is 60.7 Å². The second-order valence-corrected chi connectivity index (χ2v) is 12.4. The molecule has 0 aliphatic heterocycles. The van der Waals surface area contributed by atoms with E-state index in [1.807, 2.05) is 55.5 Å². The molecule has 0 aliphatic rings. The first kappa shape index (κ1) is 20.4. The van der Waals surface area contributed by atoms with Crippen LogP contribution < -0.4 is 10.9 Å². The van der Waals surface area contributed by atoms with Crippen LogP contribution in [0.1, 0.15) is 18.6 Å². The van der Waals surface area contributed by atoms with Gasteiger partial charge in [-0.25, -0.2) is 0 Å². The summed E-state index contributed by atoms with van der Waals surface area (Å²) in [6, 6.07) is 19.5. The summed E-state index contributed by atoms with van der Waals surface area (Å²) < 4.78 is 0. The van der Waals surface area contributed by atoms with Crippen LogP contribution >= 0.6 is 0 Å². The minimum atomic E-state index is -1.81. The molecule has 140 valence electrons. The van der Waals surface area contributed by atoms with Crippen molar-refractivity contribution in [3.8, 4) is 0 Å². The molecule has 0 aliphatic carbocycles. The maximum absolute atomic E-state index is 12.8. The number of benzene rings is 2. The lowest BCUT2D eigenvalue weighted by molar-refractivity contribution is -0.134. The van der Waals surface area contributed by atoms with E-state index in [0.717, 1.165) is 5.56 Å². The summed E-state index contributed by atoms with van der Waals surface area (Å²) in [6.07, 6.45) is -0.739. The summed E-state index contributed by atoms with van der Waals surface area (Å²) in [4.78, 5) is 14.4. The normalized spacial score (nSPS) is 15.2.